The quantitative estimate of drug-likeness (QED) is 0.888. The molecule has 1 aliphatic heterocycles. The number of rotatable bonds is 5. The molecule has 1 aromatic rings. The zero-order valence-electron chi connectivity index (χ0n) is 14.4. The number of anilines is 1. The molecule has 2 rings (SSSR count). The summed E-state index contributed by atoms with van der Waals surface area (Å²) in [5, 5.41) is 3.60. The van der Waals surface area contributed by atoms with Gasteiger partial charge in [-0.05, 0) is 57.1 Å². The largest absolute Gasteiger partial charge is 0.369 e. The van der Waals surface area contributed by atoms with E-state index in [1.807, 2.05) is 12.4 Å². The van der Waals surface area contributed by atoms with E-state index in [0.29, 0.717) is 5.41 Å². The zero-order valence-corrected chi connectivity index (χ0v) is 14.4. The van der Waals surface area contributed by atoms with Gasteiger partial charge < -0.3 is 10.2 Å². The molecule has 0 unspecified atom stereocenters. The first-order valence-corrected chi connectivity index (χ1v) is 8.32. The van der Waals surface area contributed by atoms with Crippen LogP contribution >= 0.6 is 0 Å². The summed E-state index contributed by atoms with van der Waals surface area (Å²) in [6.45, 7) is 14.5. The van der Waals surface area contributed by atoms with Gasteiger partial charge in [-0.2, -0.15) is 0 Å². The molecule has 0 amide bonds. The Bertz CT molecular complexity index is 458. The van der Waals surface area contributed by atoms with Crippen molar-refractivity contribution in [3.8, 4) is 0 Å². The average Bonchev–Trinajstić information content (AvgIpc) is 2.90. The Morgan fingerprint density at radius 1 is 1.29 bits per heavy atom. The standard InChI is InChI=1S/C18H31N3/c1-6-18(7-2)9-11-21(14-18)16-13-19-10-8-15(16)12-20-17(3,4)5/h8,10,13,20H,6-7,9,11-12,14H2,1-5H3. The lowest BCUT2D eigenvalue weighted by atomic mass is 9.82. The average molecular weight is 289 g/mol. The molecule has 1 fully saturated rings. The molecule has 21 heavy (non-hydrogen) atoms. The number of nitrogens with one attached hydrogen (secondary N) is 1. The number of pyridine rings is 1. The Balaban J connectivity index is 2.14. The monoisotopic (exact) mass is 289 g/mol. The first kappa shape index (κ1) is 16.3. The van der Waals surface area contributed by atoms with E-state index in [0.717, 1.165) is 13.1 Å². The van der Waals surface area contributed by atoms with Crippen molar-refractivity contribution in [3.05, 3.63) is 24.0 Å². The summed E-state index contributed by atoms with van der Waals surface area (Å²) in [4.78, 5) is 6.91. The second-order valence-electron chi connectivity index (χ2n) is 7.49. The van der Waals surface area contributed by atoms with E-state index in [-0.39, 0.29) is 5.54 Å². The summed E-state index contributed by atoms with van der Waals surface area (Å²) in [6.07, 6.45) is 7.81. The molecular formula is C18H31N3. The van der Waals surface area contributed by atoms with Crippen LogP contribution in [0, 0.1) is 5.41 Å². The molecule has 0 spiro atoms. The van der Waals surface area contributed by atoms with Crippen molar-refractivity contribution in [1.82, 2.24) is 10.3 Å². The molecule has 1 N–H and O–H groups in total. The van der Waals surface area contributed by atoms with Crippen LogP contribution in [0.25, 0.3) is 0 Å². The third-order valence-electron chi connectivity index (χ3n) is 4.98. The first-order chi connectivity index (χ1) is 9.89. The molecule has 3 nitrogen and oxygen atoms in total. The van der Waals surface area contributed by atoms with Crippen molar-refractivity contribution in [1.29, 1.82) is 0 Å². The van der Waals surface area contributed by atoms with Gasteiger partial charge in [0.2, 0.25) is 0 Å². The Hall–Kier alpha value is -1.09. The zero-order chi connectivity index (χ0) is 15.5. The summed E-state index contributed by atoms with van der Waals surface area (Å²) in [5.41, 5.74) is 3.33. The highest BCUT2D eigenvalue weighted by Crippen LogP contribution is 2.39. The van der Waals surface area contributed by atoms with Crippen molar-refractivity contribution in [2.75, 3.05) is 18.0 Å². The Kier molecular flexibility index (Phi) is 4.92. The highest BCUT2D eigenvalue weighted by molar-refractivity contribution is 5.53. The third kappa shape index (κ3) is 3.97. The molecule has 1 aromatic heterocycles. The van der Waals surface area contributed by atoms with Gasteiger partial charge in [-0.3, -0.25) is 4.98 Å². The van der Waals surface area contributed by atoms with Crippen LogP contribution in [0.1, 0.15) is 59.4 Å². The second kappa shape index (κ2) is 6.35. The van der Waals surface area contributed by atoms with Crippen LogP contribution in [0.3, 0.4) is 0 Å². The summed E-state index contributed by atoms with van der Waals surface area (Å²) in [5.74, 6) is 0. The van der Waals surface area contributed by atoms with Gasteiger partial charge in [-0.1, -0.05) is 13.8 Å². The van der Waals surface area contributed by atoms with E-state index in [1.165, 1.54) is 37.1 Å². The van der Waals surface area contributed by atoms with Gasteiger partial charge in [0.15, 0.2) is 0 Å². The van der Waals surface area contributed by atoms with Gasteiger partial charge in [0.25, 0.3) is 0 Å². The summed E-state index contributed by atoms with van der Waals surface area (Å²) >= 11 is 0. The molecule has 0 aromatic carbocycles. The fraction of sp³-hybridized carbons (Fsp3) is 0.722. The molecule has 0 atom stereocenters. The molecule has 3 heteroatoms. The topological polar surface area (TPSA) is 28.2 Å². The maximum absolute atomic E-state index is 4.36. The van der Waals surface area contributed by atoms with Crippen LogP contribution in [0.4, 0.5) is 5.69 Å². The van der Waals surface area contributed by atoms with Gasteiger partial charge in [0.05, 0.1) is 11.9 Å². The third-order valence-corrected chi connectivity index (χ3v) is 4.98. The lowest BCUT2D eigenvalue weighted by molar-refractivity contribution is 0.301. The number of hydrogen-bond acceptors (Lipinski definition) is 3. The first-order valence-electron chi connectivity index (χ1n) is 8.32. The molecule has 0 radical (unpaired) electrons. The summed E-state index contributed by atoms with van der Waals surface area (Å²) < 4.78 is 0. The molecule has 1 saturated heterocycles. The van der Waals surface area contributed by atoms with Gasteiger partial charge in [0, 0.05) is 31.4 Å². The highest BCUT2D eigenvalue weighted by atomic mass is 15.2. The van der Waals surface area contributed by atoms with E-state index in [2.05, 4.69) is 55.9 Å². The fourth-order valence-corrected chi connectivity index (χ4v) is 3.18. The van der Waals surface area contributed by atoms with E-state index in [9.17, 15) is 0 Å². The molecule has 0 saturated carbocycles. The van der Waals surface area contributed by atoms with E-state index >= 15 is 0 Å². The number of hydrogen-bond donors (Lipinski definition) is 1. The Morgan fingerprint density at radius 3 is 2.57 bits per heavy atom. The van der Waals surface area contributed by atoms with Gasteiger partial charge >= 0.3 is 0 Å². The Labute approximate surface area is 130 Å². The molecule has 0 bridgehead atoms. The molecule has 2 heterocycles. The van der Waals surface area contributed by atoms with Gasteiger partial charge in [-0.15, -0.1) is 0 Å². The predicted octanol–water partition coefficient (Wildman–Crippen LogP) is 3.99. The summed E-state index contributed by atoms with van der Waals surface area (Å²) in [7, 11) is 0. The maximum Gasteiger partial charge on any atom is 0.0598 e. The van der Waals surface area contributed by atoms with Crippen molar-refractivity contribution in [2.24, 2.45) is 5.41 Å². The van der Waals surface area contributed by atoms with E-state index < -0.39 is 0 Å². The van der Waals surface area contributed by atoms with Gasteiger partial charge in [-0.25, -0.2) is 0 Å². The van der Waals surface area contributed by atoms with Crippen molar-refractivity contribution >= 4 is 5.69 Å². The van der Waals surface area contributed by atoms with Crippen LogP contribution < -0.4 is 10.2 Å². The van der Waals surface area contributed by atoms with Crippen LogP contribution in [0.15, 0.2) is 18.5 Å². The van der Waals surface area contributed by atoms with E-state index in [4.69, 9.17) is 0 Å². The van der Waals surface area contributed by atoms with Crippen LogP contribution in [0.2, 0.25) is 0 Å². The predicted molar refractivity (Wildman–Crippen MR) is 90.7 cm³/mol. The summed E-state index contributed by atoms with van der Waals surface area (Å²) in [6, 6.07) is 2.16. The Morgan fingerprint density at radius 2 is 2.00 bits per heavy atom. The minimum atomic E-state index is 0.141. The van der Waals surface area contributed by atoms with Crippen molar-refractivity contribution in [2.45, 2.75) is 66.0 Å². The highest BCUT2D eigenvalue weighted by Gasteiger charge is 2.35. The molecule has 1 aliphatic rings. The normalized spacial score (nSPS) is 18.2. The molecular weight excluding hydrogens is 258 g/mol. The second-order valence-corrected chi connectivity index (χ2v) is 7.49. The van der Waals surface area contributed by atoms with E-state index in [1.54, 1.807) is 0 Å². The smallest absolute Gasteiger partial charge is 0.0598 e. The number of nitrogens with zero attached hydrogens (tertiary/aromatic N) is 2. The van der Waals surface area contributed by atoms with Crippen LogP contribution in [0.5, 0.6) is 0 Å². The lowest BCUT2D eigenvalue weighted by Crippen LogP contribution is -2.36. The van der Waals surface area contributed by atoms with Crippen LogP contribution in [-0.4, -0.2) is 23.6 Å². The minimum absolute atomic E-state index is 0.141. The molecule has 118 valence electrons. The maximum atomic E-state index is 4.36. The van der Waals surface area contributed by atoms with Crippen molar-refractivity contribution in [3.63, 3.8) is 0 Å². The minimum Gasteiger partial charge on any atom is -0.369 e. The molecule has 0 aliphatic carbocycles. The van der Waals surface area contributed by atoms with Crippen LogP contribution in [-0.2, 0) is 6.54 Å². The van der Waals surface area contributed by atoms with Gasteiger partial charge in [0.1, 0.15) is 0 Å². The SMILES string of the molecule is CCC1(CC)CCN(c2cnccc2CNC(C)(C)C)C1. The van der Waals surface area contributed by atoms with Crippen molar-refractivity contribution < 1.29 is 0 Å². The lowest BCUT2D eigenvalue weighted by Gasteiger charge is -2.28. The fourth-order valence-electron chi connectivity index (χ4n) is 3.18. The number of aromatic nitrogens is 1.